The number of nitrogens with zero attached hydrogens (tertiary/aromatic N) is 2. The summed E-state index contributed by atoms with van der Waals surface area (Å²) in [5.41, 5.74) is -0.494. The number of amides is 1. The van der Waals surface area contributed by atoms with Gasteiger partial charge in [-0.1, -0.05) is 23.7 Å². The average molecular weight is 448 g/mol. The number of imidazole rings is 1. The Balaban J connectivity index is 1.38. The van der Waals surface area contributed by atoms with E-state index in [9.17, 15) is 18.3 Å². The van der Waals surface area contributed by atoms with Gasteiger partial charge in [0.25, 0.3) is 0 Å². The molecule has 3 aromatic rings. The van der Waals surface area contributed by atoms with Crippen molar-refractivity contribution in [3.05, 3.63) is 59.6 Å². The van der Waals surface area contributed by atoms with Gasteiger partial charge in [-0.25, -0.2) is 13.4 Å². The second-order valence-corrected chi connectivity index (χ2v) is 10.1. The molecule has 1 aromatic heterocycles. The van der Waals surface area contributed by atoms with Gasteiger partial charge in [0.2, 0.25) is 5.91 Å². The molecule has 2 N–H and O–H groups in total. The van der Waals surface area contributed by atoms with Crippen LogP contribution in [0, 0.1) is 0 Å². The third-order valence-corrected chi connectivity index (χ3v) is 7.58. The second kappa shape index (κ2) is 8.02. The van der Waals surface area contributed by atoms with E-state index in [2.05, 4.69) is 9.97 Å². The van der Waals surface area contributed by atoms with E-state index in [0.717, 1.165) is 10.8 Å². The molecule has 2 aromatic carbocycles. The fraction of sp³-hybridized carbons (Fsp3) is 0.333. The van der Waals surface area contributed by atoms with Crippen LogP contribution in [0.15, 0.2) is 53.8 Å². The Morgan fingerprint density at radius 1 is 1.17 bits per heavy atom. The molecule has 9 heteroatoms. The van der Waals surface area contributed by atoms with Crippen LogP contribution in [0.5, 0.6) is 0 Å². The van der Waals surface area contributed by atoms with Gasteiger partial charge in [0.1, 0.15) is 5.60 Å². The second-order valence-electron chi connectivity index (χ2n) is 7.59. The zero-order valence-corrected chi connectivity index (χ0v) is 17.8. The van der Waals surface area contributed by atoms with Crippen molar-refractivity contribution >= 4 is 38.1 Å². The van der Waals surface area contributed by atoms with E-state index in [1.165, 1.54) is 6.33 Å². The number of piperidine rings is 1. The zero-order valence-electron chi connectivity index (χ0n) is 16.2. The zero-order chi connectivity index (χ0) is 21.4. The predicted molar refractivity (Wildman–Crippen MR) is 114 cm³/mol. The molecule has 4 rings (SSSR count). The Hall–Kier alpha value is -2.42. The van der Waals surface area contributed by atoms with Crippen LogP contribution in [-0.4, -0.2) is 53.1 Å². The van der Waals surface area contributed by atoms with Crippen molar-refractivity contribution in [2.75, 3.05) is 18.8 Å². The minimum atomic E-state index is -3.60. The minimum absolute atomic E-state index is 0.0954. The van der Waals surface area contributed by atoms with Crippen LogP contribution in [0.25, 0.3) is 10.8 Å². The van der Waals surface area contributed by atoms with Crippen LogP contribution >= 0.6 is 11.6 Å². The van der Waals surface area contributed by atoms with Crippen molar-refractivity contribution in [3.63, 3.8) is 0 Å². The molecular weight excluding hydrogens is 426 g/mol. The van der Waals surface area contributed by atoms with Crippen LogP contribution in [-0.2, 0) is 20.2 Å². The Labute approximate surface area is 179 Å². The van der Waals surface area contributed by atoms with Gasteiger partial charge in [0.05, 0.1) is 22.7 Å². The quantitative estimate of drug-likeness (QED) is 0.626. The smallest absolute Gasteiger partial charge is 0.223 e. The summed E-state index contributed by atoms with van der Waals surface area (Å²) in [5, 5.41) is 12.9. The number of carbonyl (C=O) groups excluding carboxylic acids is 1. The highest BCUT2D eigenvalue weighted by atomic mass is 35.5. The summed E-state index contributed by atoms with van der Waals surface area (Å²) in [6.45, 7) is 0.720. The lowest BCUT2D eigenvalue weighted by atomic mass is 9.88. The summed E-state index contributed by atoms with van der Waals surface area (Å²) >= 11 is 5.97. The summed E-state index contributed by atoms with van der Waals surface area (Å²) in [6.07, 6.45) is 3.80. The number of hydrogen-bond acceptors (Lipinski definition) is 5. The first-order valence-corrected chi connectivity index (χ1v) is 11.7. The fourth-order valence-electron chi connectivity index (χ4n) is 3.78. The van der Waals surface area contributed by atoms with Gasteiger partial charge in [0.15, 0.2) is 9.84 Å². The van der Waals surface area contributed by atoms with E-state index < -0.39 is 15.4 Å². The molecule has 1 amide bonds. The normalized spacial score (nSPS) is 16.7. The van der Waals surface area contributed by atoms with Crippen molar-refractivity contribution in [3.8, 4) is 0 Å². The summed E-state index contributed by atoms with van der Waals surface area (Å²) in [7, 11) is -3.60. The largest absolute Gasteiger partial charge is 0.383 e. The molecular formula is C21H22ClN3O4S. The maximum atomic E-state index is 12.7. The van der Waals surface area contributed by atoms with Crippen LogP contribution in [0.4, 0.5) is 0 Å². The van der Waals surface area contributed by atoms with Crippen molar-refractivity contribution < 1.29 is 18.3 Å². The van der Waals surface area contributed by atoms with E-state index in [-0.39, 0.29) is 23.0 Å². The van der Waals surface area contributed by atoms with Crippen LogP contribution in [0.3, 0.4) is 0 Å². The molecule has 1 aliphatic rings. The maximum absolute atomic E-state index is 12.7. The predicted octanol–water partition coefficient (Wildman–Crippen LogP) is 2.89. The molecule has 0 saturated carbocycles. The Bertz CT molecular complexity index is 1170. The molecule has 0 bridgehead atoms. The Kier molecular flexibility index (Phi) is 5.57. The van der Waals surface area contributed by atoms with Gasteiger partial charge < -0.3 is 15.0 Å². The number of carbonyl (C=O) groups is 1. The molecule has 1 saturated heterocycles. The number of sulfone groups is 1. The highest BCUT2D eigenvalue weighted by molar-refractivity contribution is 7.91. The van der Waals surface area contributed by atoms with Gasteiger partial charge in [-0.15, -0.1) is 0 Å². The molecule has 1 fully saturated rings. The number of aliphatic hydroxyl groups is 1. The molecule has 2 heterocycles. The number of fused-ring (bicyclic) bond motifs is 1. The lowest BCUT2D eigenvalue weighted by Crippen LogP contribution is -2.45. The first-order valence-electron chi connectivity index (χ1n) is 9.68. The Morgan fingerprint density at radius 2 is 1.87 bits per heavy atom. The number of halogens is 1. The molecule has 0 spiro atoms. The first kappa shape index (κ1) is 20.8. The number of hydrogen-bond donors (Lipinski definition) is 2. The standard InChI is InChI=1S/C21H22ClN3O4S/c22-17-3-1-16-12-18(4-2-15(16)11-17)30(28,29)10-5-20(26)25-8-6-21(27,7-9-25)19-13-23-14-24-19/h1-4,11-14,27H,5-10H2,(H,23,24). The molecule has 1 aliphatic heterocycles. The summed E-state index contributed by atoms with van der Waals surface area (Å²) in [6, 6.07) is 10.1. The molecule has 0 radical (unpaired) electrons. The first-order chi connectivity index (χ1) is 14.3. The monoisotopic (exact) mass is 447 g/mol. The van der Waals surface area contributed by atoms with Crippen molar-refractivity contribution in [2.45, 2.75) is 29.8 Å². The van der Waals surface area contributed by atoms with Crippen molar-refractivity contribution in [2.24, 2.45) is 0 Å². The van der Waals surface area contributed by atoms with Crippen molar-refractivity contribution in [1.29, 1.82) is 0 Å². The lowest BCUT2D eigenvalue weighted by molar-refractivity contribution is -0.135. The third kappa shape index (κ3) is 4.21. The molecule has 30 heavy (non-hydrogen) atoms. The van der Waals surface area contributed by atoms with Gasteiger partial charge in [0, 0.05) is 30.7 Å². The molecule has 0 aliphatic carbocycles. The maximum Gasteiger partial charge on any atom is 0.223 e. The summed E-state index contributed by atoms with van der Waals surface area (Å²) < 4.78 is 25.5. The summed E-state index contributed by atoms with van der Waals surface area (Å²) in [4.78, 5) is 21.3. The number of rotatable bonds is 5. The van der Waals surface area contributed by atoms with Gasteiger partial charge >= 0.3 is 0 Å². The van der Waals surface area contributed by atoms with E-state index in [1.807, 2.05) is 0 Å². The number of aromatic nitrogens is 2. The van der Waals surface area contributed by atoms with E-state index >= 15 is 0 Å². The summed E-state index contributed by atoms with van der Waals surface area (Å²) in [5.74, 6) is -0.486. The van der Waals surface area contributed by atoms with Gasteiger partial charge in [-0.05, 0) is 47.9 Å². The topological polar surface area (TPSA) is 103 Å². The van der Waals surface area contributed by atoms with Crippen LogP contribution in [0.2, 0.25) is 5.02 Å². The Morgan fingerprint density at radius 3 is 2.57 bits per heavy atom. The van der Waals surface area contributed by atoms with Crippen LogP contribution < -0.4 is 0 Å². The van der Waals surface area contributed by atoms with Crippen LogP contribution in [0.1, 0.15) is 25.0 Å². The average Bonchev–Trinajstić information content (AvgIpc) is 3.28. The van der Waals surface area contributed by atoms with E-state index in [1.54, 1.807) is 47.5 Å². The number of aromatic amines is 1. The highest BCUT2D eigenvalue weighted by Crippen LogP contribution is 2.31. The molecule has 0 unspecified atom stereocenters. The highest BCUT2D eigenvalue weighted by Gasteiger charge is 2.37. The molecule has 158 valence electrons. The third-order valence-electron chi connectivity index (χ3n) is 5.64. The number of H-pyrrole nitrogens is 1. The molecule has 7 nitrogen and oxygen atoms in total. The fourth-order valence-corrected chi connectivity index (χ4v) is 5.22. The molecule has 0 atom stereocenters. The van der Waals surface area contributed by atoms with E-state index in [4.69, 9.17) is 11.6 Å². The van der Waals surface area contributed by atoms with Crippen molar-refractivity contribution in [1.82, 2.24) is 14.9 Å². The van der Waals surface area contributed by atoms with Gasteiger partial charge in [-0.3, -0.25) is 4.79 Å². The lowest BCUT2D eigenvalue weighted by Gasteiger charge is -2.37. The minimum Gasteiger partial charge on any atom is -0.383 e. The SMILES string of the molecule is O=C(CCS(=O)(=O)c1ccc2cc(Cl)ccc2c1)N1CCC(O)(c2c[nH]cn2)CC1. The van der Waals surface area contributed by atoms with E-state index in [0.29, 0.717) is 36.6 Å². The number of benzene rings is 2. The van der Waals surface area contributed by atoms with Gasteiger partial charge in [-0.2, -0.15) is 0 Å². The number of nitrogens with one attached hydrogen (secondary N) is 1. The number of likely N-dealkylation sites (tertiary alicyclic amines) is 1.